The van der Waals surface area contributed by atoms with Crippen LogP contribution in [0.5, 0.6) is 0 Å². The van der Waals surface area contributed by atoms with Crippen molar-refractivity contribution in [1.29, 1.82) is 0 Å². The summed E-state index contributed by atoms with van der Waals surface area (Å²) in [5.41, 5.74) is 8.07. The van der Waals surface area contributed by atoms with Crippen molar-refractivity contribution in [1.82, 2.24) is 9.78 Å². The van der Waals surface area contributed by atoms with Crippen molar-refractivity contribution in [3.8, 4) is 11.1 Å². The van der Waals surface area contributed by atoms with Gasteiger partial charge in [0, 0.05) is 30.5 Å². The lowest BCUT2D eigenvalue weighted by atomic mass is 9.94. The number of benzene rings is 1. The maximum atomic E-state index is 4.70. The monoisotopic (exact) mass is 255 g/mol. The number of aromatic nitrogens is 2. The first-order chi connectivity index (χ1) is 9.26. The molecule has 100 valence electrons. The summed E-state index contributed by atoms with van der Waals surface area (Å²) in [4.78, 5) is 0. The molecule has 3 rings (SSSR count). The number of nitrogens with one attached hydrogen (secondary N) is 1. The molecule has 19 heavy (non-hydrogen) atoms. The van der Waals surface area contributed by atoms with E-state index in [-0.39, 0.29) is 0 Å². The lowest BCUT2D eigenvalue weighted by molar-refractivity contribution is 0.705. The normalized spacial score (nSPS) is 13.4. The summed E-state index contributed by atoms with van der Waals surface area (Å²) in [5.74, 6) is 0. The molecule has 1 N–H and O–H groups in total. The Kier molecular flexibility index (Phi) is 3.05. The zero-order chi connectivity index (χ0) is 13.4. The number of fused-ring (bicyclic) bond motifs is 1. The third kappa shape index (κ3) is 1.84. The average molecular weight is 255 g/mol. The topological polar surface area (TPSA) is 29.9 Å². The van der Waals surface area contributed by atoms with Crippen LogP contribution in [0.1, 0.15) is 30.8 Å². The Morgan fingerprint density at radius 3 is 2.84 bits per heavy atom. The SMILES string of the molecule is CCc1nn(C)c(CC)c1-c1cccc2c1CCN2. The van der Waals surface area contributed by atoms with Crippen LogP contribution in [-0.2, 0) is 26.3 Å². The molecule has 1 aliphatic heterocycles. The Bertz CT molecular complexity index is 611. The summed E-state index contributed by atoms with van der Waals surface area (Å²) in [7, 11) is 2.06. The van der Waals surface area contributed by atoms with Gasteiger partial charge in [-0.2, -0.15) is 5.10 Å². The molecule has 0 unspecified atom stereocenters. The van der Waals surface area contributed by atoms with E-state index < -0.39 is 0 Å². The molecule has 0 amide bonds. The first kappa shape index (κ1) is 12.3. The van der Waals surface area contributed by atoms with E-state index >= 15 is 0 Å². The molecule has 3 heteroatoms. The van der Waals surface area contributed by atoms with Gasteiger partial charge in [0.1, 0.15) is 0 Å². The predicted molar refractivity (Wildman–Crippen MR) is 79.6 cm³/mol. The largest absolute Gasteiger partial charge is 0.384 e. The second-order valence-corrected chi connectivity index (χ2v) is 5.11. The van der Waals surface area contributed by atoms with E-state index in [1.165, 1.54) is 33.8 Å². The highest BCUT2D eigenvalue weighted by Gasteiger charge is 2.21. The number of hydrogen-bond acceptors (Lipinski definition) is 2. The number of aryl methyl sites for hydroxylation is 2. The van der Waals surface area contributed by atoms with Crippen molar-refractivity contribution in [2.75, 3.05) is 11.9 Å². The second-order valence-electron chi connectivity index (χ2n) is 5.11. The average Bonchev–Trinajstić information content (AvgIpc) is 3.01. The summed E-state index contributed by atoms with van der Waals surface area (Å²) in [6.45, 7) is 5.45. The van der Waals surface area contributed by atoms with E-state index in [1.807, 2.05) is 0 Å². The van der Waals surface area contributed by atoms with Crippen molar-refractivity contribution in [3.05, 3.63) is 35.2 Å². The maximum absolute atomic E-state index is 4.70. The molecule has 0 aliphatic carbocycles. The Morgan fingerprint density at radius 1 is 1.26 bits per heavy atom. The minimum absolute atomic E-state index is 0.986. The molecule has 0 saturated carbocycles. The lowest BCUT2D eigenvalue weighted by Crippen LogP contribution is -1.97. The van der Waals surface area contributed by atoms with E-state index in [0.29, 0.717) is 0 Å². The van der Waals surface area contributed by atoms with E-state index in [9.17, 15) is 0 Å². The first-order valence-corrected chi connectivity index (χ1v) is 7.17. The highest BCUT2D eigenvalue weighted by atomic mass is 15.3. The Hall–Kier alpha value is -1.77. The van der Waals surface area contributed by atoms with Crippen LogP contribution in [0.4, 0.5) is 5.69 Å². The van der Waals surface area contributed by atoms with Crippen LogP contribution in [0.15, 0.2) is 18.2 Å². The predicted octanol–water partition coefficient (Wildman–Crippen LogP) is 3.18. The van der Waals surface area contributed by atoms with Gasteiger partial charge in [-0.3, -0.25) is 4.68 Å². The highest BCUT2D eigenvalue weighted by Crippen LogP contribution is 2.36. The molecule has 3 nitrogen and oxygen atoms in total. The number of hydrogen-bond donors (Lipinski definition) is 1. The van der Waals surface area contributed by atoms with Gasteiger partial charge in [-0.25, -0.2) is 0 Å². The first-order valence-electron chi connectivity index (χ1n) is 7.17. The summed E-state index contributed by atoms with van der Waals surface area (Å²) in [6, 6.07) is 6.58. The lowest BCUT2D eigenvalue weighted by Gasteiger charge is -2.10. The van der Waals surface area contributed by atoms with E-state index in [1.54, 1.807) is 0 Å². The van der Waals surface area contributed by atoms with Gasteiger partial charge in [0.15, 0.2) is 0 Å². The highest BCUT2D eigenvalue weighted by molar-refractivity contribution is 5.78. The van der Waals surface area contributed by atoms with Crippen LogP contribution in [0.25, 0.3) is 11.1 Å². The third-order valence-corrected chi connectivity index (χ3v) is 4.04. The summed E-state index contributed by atoms with van der Waals surface area (Å²) in [5, 5.41) is 8.16. The molecular formula is C16H21N3. The van der Waals surface area contributed by atoms with Crippen LogP contribution in [0, 0.1) is 0 Å². The standard InChI is InChI=1S/C16H21N3/c1-4-13-16(15(5-2)19(3)18-13)12-7-6-8-14-11(12)9-10-17-14/h6-8,17H,4-5,9-10H2,1-3H3. The summed E-state index contributed by atoms with van der Waals surface area (Å²) >= 11 is 0. The van der Waals surface area contributed by atoms with Gasteiger partial charge in [-0.15, -0.1) is 0 Å². The molecule has 1 aromatic carbocycles. The molecule has 0 spiro atoms. The van der Waals surface area contributed by atoms with Gasteiger partial charge in [0.25, 0.3) is 0 Å². The Morgan fingerprint density at radius 2 is 2.11 bits per heavy atom. The van der Waals surface area contributed by atoms with E-state index in [4.69, 9.17) is 5.10 Å². The molecular weight excluding hydrogens is 234 g/mol. The van der Waals surface area contributed by atoms with Crippen LogP contribution in [0.2, 0.25) is 0 Å². The number of anilines is 1. The van der Waals surface area contributed by atoms with Crippen LogP contribution in [0.3, 0.4) is 0 Å². The van der Waals surface area contributed by atoms with E-state index in [2.05, 4.69) is 49.1 Å². The van der Waals surface area contributed by atoms with Gasteiger partial charge in [0.05, 0.1) is 5.69 Å². The smallest absolute Gasteiger partial charge is 0.0703 e. The minimum atomic E-state index is 0.986. The molecule has 1 aliphatic rings. The maximum Gasteiger partial charge on any atom is 0.0703 e. The molecule has 0 fully saturated rings. The number of nitrogens with zero attached hydrogens (tertiary/aromatic N) is 2. The fraction of sp³-hybridized carbons (Fsp3) is 0.438. The van der Waals surface area contributed by atoms with Gasteiger partial charge < -0.3 is 5.32 Å². The van der Waals surface area contributed by atoms with Gasteiger partial charge in [0.2, 0.25) is 0 Å². The number of rotatable bonds is 3. The van der Waals surface area contributed by atoms with Crippen LogP contribution < -0.4 is 5.32 Å². The van der Waals surface area contributed by atoms with Gasteiger partial charge >= 0.3 is 0 Å². The van der Waals surface area contributed by atoms with Crippen molar-refractivity contribution in [3.63, 3.8) is 0 Å². The molecule has 0 bridgehead atoms. The fourth-order valence-corrected chi connectivity index (χ4v) is 3.16. The van der Waals surface area contributed by atoms with Crippen molar-refractivity contribution < 1.29 is 0 Å². The molecule has 1 aromatic heterocycles. The van der Waals surface area contributed by atoms with Crippen LogP contribution >= 0.6 is 0 Å². The zero-order valence-electron chi connectivity index (χ0n) is 12.0. The quantitative estimate of drug-likeness (QED) is 0.913. The van der Waals surface area contributed by atoms with Crippen molar-refractivity contribution in [2.45, 2.75) is 33.1 Å². The van der Waals surface area contributed by atoms with Crippen LogP contribution in [-0.4, -0.2) is 16.3 Å². The summed E-state index contributed by atoms with van der Waals surface area (Å²) in [6.07, 6.45) is 3.13. The van der Waals surface area contributed by atoms with Gasteiger partial charge in [-0.05, 0) is 36.5 Å². The summed E-state index contributed by atoms with van der Waals surface area (Å²) < 4.78 is 2.05. The Labute approximate surface area is 114 Å². The van der Waals surface area contributed by atoms with Gasteiger partial charge in [-0.1, -0.05) is 26.0 Å². The molecule has 0 atom stereocenters. The fourth-order valence-electron chi connectivity index (χ4n) is 3.16. The minimum Gasteiger partial charge on any atom is -0.384 e. The molecule has 2 heterocycles. The molecule has 2 aromatic rings. The second kappa shape index (κ2) is 4.72. The Balaban J connectivity index is 2.25. The van der Waals surface area contributed by atoms with Crippen molar-refractivity contribution in [2.24, 2.45) is 7.05 Å². The zero-order valence-corrected chi connectivity index (χ0v) is 12.0. The molecule has 0 saturated heterocycles. The third-order valence-electron chi connectivity index (χ3n) is 4.04. The van der Waals surface area contributed by atoms with E-state index in [0.717, 1.165) is 25.8 Å². The van der Waals surface area contributed by atoms with Crippen molar-refractivity contribution >= 4 is 5.69 Å². The molecule has 0 radical (unpaired) electrons.